The molecule has 0 aromatic heterocycles. The third kappa shape index (κ3) is 5.70. The first-order chi connectivity index (χ1) is 14.9. The van der Waals surface area contributed by atoms with Gasteiger partial charge in [0.15, 0.2) is 0 Å². The predicted molar refractivity (Wildman–Crippen MR) is 117 cm³/mol. The Bertz CT molecular complexity index is 932. The van der Waals surface area contributed by atoms with Crippen molar-refractivity contribution < 1.29 is 18.7 Å². The van der Waals surface area contributed by atoms with E-state index in [1.807, 2.05) is 13.0 Å². The number of nitrogens with one attached hydrogen (secondary N) is 1. The van der Waals surface area contributed by atoms with Crippen LogP contribution in [0.3, 0.4) is 0 Å². The molecule has 1 heterocycles. The number of piperazine rings is 1. The summed E-state index contributed by atoms with van der Waals surface area (Å²) < 4.78 is 20.1. The average Bonchev–Trinajstić information content (AvgIpc) is 2.78. The van der Waals surface area contributed by atoms with E-state index in [9.17, 15) is 14.0 Å². The third-order valence-corrected chi connectivity index (χ3v) is 5.44. The van der Waals surface area contributed by atoms with Gasteiger partial charge in [0, 0.05) is 44.8 Å². The van der Waals surface area contributed by atoms with E-state index in [2.05, 4.69) is 16.8 Å². The van der Waals surface area contributed by atoms with Crippen LogP contribution in [-0.4, -0.2) is 60.9 Å². The summed E-state index contributed by atoms with van der Waals surface area (Å²) in [6.45, 7) is 8.09. The zero-order valence-corrected chi connectivity index (χ0v) is 17.9. The van der Waals surface area contributed by atoms with Crippen LogP contribution in [0.2, 0.25) is 0 Å². The molecule has 0 aliphatic carbocycles. The Labute approximate surface area is 182 Å². The number of benzene rings is 2. The summed E-state index contributed by atoms with van der Waals surface area (Å²) in [5, 5.41) is 2.59. The van der Waals surface area contributed by atoms with Crippen LogP contribution in [-0.2, 0) is 4.79 Å². The van der Waals surface area contributed by atoms with E-state index in [1.54, 1.807) is 42.3 Å². The van der Waals surface area contributed by atoms with Crippen LogP contribution in [0.1, 0.15) is 28.9 Å². The fourth-order valence-electron chi connectivity index (χ4n) is 3.79. The molecule has 164 valence electrons. The highest BCUT2D eigenvalue weighted by Crippen LogP contribution is 2.25. The molecule has 3 rings (SSSR count). The Morgan fingerprint density at radius 2 is 2.00 bits per heavy atom. The van der Waals surface area contributed by atoms with Crippen molar-refractivity contribution >= 4 is 11.8 Å². The number of nitrogens with zero attached hydrogens (tertiary/aromatic N) is 2. The molecule has 0 unspecified atom stereocenters. The summed E-state index contributed by atoms with van der Waals surface area (Å²) in [6.07, 6.45) is 0.934. The van der Waals surface area contributed by atoms with E-state index in [4.69, 9.17) is 4.74 Å². The molecule has 1 aliphatic rings. The molecule has 31 heavy (non-hydrogen) atoms. The normalized spacial score (nSPS) is 17.6. The molecule has 1 fully saturated rings. The van der Waals surface area contributed by atoms with Gasteiger partial charge in [-0.15, -0.1) is 0 Å². The number of ether oxygens (including phenoxy) is 1. The molecule has 2 aromatic carbocycles. The summed E-state index contributed by atoms with van der Waals surface area (Å²) in [5.74, 6) is 0.0294. The minimum Gasteiger partial charge on any atom is -0.484 e. The lowest BCUT2D eigenvalue weighted by Crippen LogP contribution is -2.54. The first-order valence-corrected chi connectivity index (χ1v) is 10.3. The lowest BCUT2D eigenvalue weighted by molar-refractivity contribution is -0.130. The topological polar surface area (TPSA) is 61.9 Å². The van der Waals surface area contributed by atoms with Gasteiger partial charge in [-0.3, -0.25) is 14.5 Å². The molecule has 1 N–H and O–H groups in total. The van der Waals surface area contributed by atoms with E-state index >= 15 is 0 Å². The summed E-state index contributed by atoms with van der Waals surface area (Å²) >= 11 is 0. The number of hydrogen-bond acceptors (Lipinski definition) is 4. The molecule has 0 saturated carbocycles. The number of amides is 2. The van der Waals surface area contributed by atoms with Gasteiger partial charge in [-0.2, -0.15) is 0 Å². The van der Waals surface area contributed by atoms with Gasteiger partial charge in [0.2, 0.25) is 5.91 Å². The molecular formula is C24H28FN3O3. The monoisotopic (exact) mass is 425 g/mol. The first kappa shape index (κ1) is 22.5. The average molecular weight is 426 g/mol. The zero-order chi connectivity index (χ0) is 22.4. The Morgan fingerprint density at radius 1 is 1.26 bits per heavy atom. The van der Waals surface area contributed by atoms with Crippen LogP contribution < -0.4 is 10.1 Å². The maximum absolute atomic E-state index is 13.9. The van der Waals surface area contributed by atoms with Crippen molar-refractivity contribution in [2.24, 2.45) is 0 Å². The van der Waals surface area contributed by atoms with Crippen LogP contribution in [0.15, 0.2) is 61.2 Å². The molecule has 0 radical (unpaired) electrons. The van der Waals surface area contributed by atoms with Gasteiger partial charge in [-0.1, -0.05) is 18.7 Å². The van der Waals surface area contributed by atoms with Crippen molar-refractivity contribution in [3.63, 3.8) is 0 Å². The molecule has 7 heteroatoms. The second-order valence-electron chi connectivity index (χ2n) is 7.61. The van der Waals surface area contributed by atoms with Crippen molar-refractivity contribution in [3.8, 4) is 5.75 Å². The van der Waals surface area contributed by atoms with Crippen molar-refractivity contribution in [1.29, 1.82) is 0 Å². The van der Waals surface area contributed by atoms with Gasteiger partial charge >= 0.3 is 0 Å². The maximum atomic E-state index is 13.9. The van der Waals surface area contributed by atoms with Crippen LogP contribution >= 0.6 is 0 Å². The lowest BCUT2D eigenvalue weighted by atomic mass is 10.1. The Kier molecular flexibility index (Phi) is 7.41. The minimum atomic E-state index is -0.407. The quantitative estimate of drug-likeness (QED) is 0.693. The molecule has 1 aliphatic heterocycles. The summed E-state index contributed by atoms with van der Waals surface area (Å²) in [6, 6.07) is 13.3. The zero-order valence-electron chi connectivity index (χ0n) is 17.9. The molecule has 1 saturated heterocycles. The minimum absolute atomic E-state index is 0.0410. The van der Waals surface area contributed by atoms with Crippen molar-refractivity contribution in [1.82, 2.24) is 15.1 Å². The third-order valence-electron chi connectivity index (χ3n) is 5.44. The molecule has 2 aromatic rings. The molecule has 2 atom stereocenters. The Hall–Kier alpha value is -3.19. The highest BCUT2D eigenvalue weighted by molar-refractivity contribution is 5.94. The number of halogens is 1. The van der Waals surface area contributed by atoms with Gasteiger partial charge < -0.3 is 15.0 Å². The molecule has 2 amide bonds. The van der Waals surface area contributed by atoms with E-state index in [0.29, 0.717) is 37.5 Å². The Balaban J connectivity index is 1.76. The van der Waals surface area contributed by atoms with Crippen molar-refractivity contribution in [3.05, 3.63) is 78.1 Å². The van der Waals surface area contributed by atoms with E-state index < -0.39 is 6.10 Å². The first-order valence-electron chi connectivity index (χ1n) is 10.3. The largest absolute Gasteiger partial charge is 0.484 e. The Morgan fingerprint density at radius 3 is 2.61 bits per heavy atom. The fourth-order valence-corrected chi connectivity index (χ4v) is 3.79. The van der Waals surface area contributed by atoms with Gasteiger partial charge in [0.05, 0.1) is 0 Å². The van der Waals surface area contributed by atoms with E-state index in [1.165, 1.54) is 18.2 Å². The second kappa shape index (κ2) is 10.2. The van der Waals surface area contributed by atoms with Crippen LogP contribution in [0.4, 0.5) is 4.39 Å². The number of hydrogen-bond donors (Lipinski definition) is 1. The maximum Gasteiger partial charge on any atom is 0.251 e. The van der Waals surface area contributed by atoms with Crippen molar-refractivity contribution in [2.45, 2.75) is 19.1 Å². The molecule has 0 bridgehead atoms. The molecular weight excluding hydrogens is 397 g/mol. The highest BCUT2D eigenvalue weighted by atomic mass is 19.1. The SMILES string of the molecule is C=CC(=O)N1CCN(C[C@@H](Oc2ccc(C(=O)NC)cc2)c2cccc(F)c2)C[C@H]1C. The second-order valence-corrected chi connectivity index (χ2v) is 7.61. The predicted octanol–water partition coefficient (Wildman–Crippen LogP) is 3.02. The fraction of sp³-hybridized carbons (Fsp3) is 0.333. The summed E-state index contributed by atoms with van der Waals surface area (Å²) in [4.78, 5) is 27.8. The number of rotatable bonds is 7. The molecule has 0 spiro atoms. The summed E-state index contributed by atoms with van der Waals surface area (Å²) in [5.41, 5.74) is 1.27. The highest BCUT2D eigenvalue weighted by Gasteiger charge is 2.28. The van der Waals surface area contributed by atoms with Gasteiger partial charge in [0.25, 0.3) is 5.91 Å². The van der Waals surface area contributed by atoms with Crippen LogP contribution in [0.25, 0.3) is 0 Å². The van der Waals surface area contributed by atoms with Crippen LogP contribution in [0.5, 0.6) is 5.75 Å². The van der Waals surface area contributed by atoms with Gasteiger partial charge in [-0.25, -0.2) is 4.39 Å². The van der Waals surface area contributed by atoms with Gasteiger partial charge in [-0.05, 0) is 55.0 Å². The van der Waals surface area contributed by atoms with Crippen molar-refractivity contribution in [2.75, 3.05) is 33.2 Å². The number of carbonyl (C=O) groups is 2. The van der Waals surface area contributed by atoms with Crippen LogP contribution in [0, 0.1) is 5.82 Å². The smallest absolute Gasteiger partial charge is 0.251 e. The van der Waals surface area contributed by atoms with E-state index in [-0.39, 0.29) is 23.7 Å². The lowest BCUT2D eigenvalue weighted by Gasteiger charge is -2.40. The standard InChI is InChI=1S/C24H28FN3O3/c1-4-23(29)28-13-12-27(15-17(28)2)16-22(19-6-5-7-20(25)14-19)31-21-10-8-18(9-11-21)24(30)26-3/h4-11,14,17,22H,1,12-13,15-16H2,2-3H3,(H,26,30)/t17-,22-/m1/s1. The summed E-state index contributed by atoms with van der Waals surface area (Å²) in [7, 11) is 1.58. The van der Waals surface area contributed by atoms with E-state index in [0.717, 1.165) is 5.56 Å². The van der Waals surface area contributed by atoms with Gasteiger partial charge in [0.1, 0.15) is 17.7 Å². The number of carbonyl (C=O) groups excluding carboxylic acids is 2. The molecule has 6 nitrogen and oxygen atoms in total.